The average Bonchev–Trinajstić information content (AvgIpc) is 3.29. The summed E-state index contributed by atoms with van der Waals surface area (Å²) in [5, 5.41) is 9.05. The van der Waals surface area contributed by atoms with Gasteiger partial charge in [0.25, 0.3) is 0 Å². The van der Waals surface area contributed by atoms with Crippen molar-refractivity contribution in [3.8, 4) is 0 Å². The van der Waals surface area contributed by atoms with E-state index in [1.54, 1.807) is 0 Å². The van der Waals surface area contributed by atoms with Crippen molar-refractivity contribution in [2.24, 2.45) is 0 Å². The van der Waals surface area contributed by atoms with Crippen LogP contribution in [0.2, 0.25) is 5.02 Å². The van der Waals surface area contributed by atoms with Gasteiger partial charge in [-0.15, -0.1) is 10.2 Å². The lowest BCUT2D eigenvalue weighted by molar-refractivity contribution is -0.0352. The molecule has 2 fully saturated rings. The Morgan fingerprint density at radius 2 is 2.00 bits per heavy atom. The van der Waals surface area contributed by atoms with Crippen LogP contribution in [0, 0.1) is 0 Å². The number of ether oxygens (including phenoxy) is 1. The highest BCUT2D eigenvalue weighted by molar-refractivity contribution is 6.30. The predicted molar refractivity (Wildman–Crippen MR) is 81.7 cm³/mol. The molecule has 0 N–H and O–H groups in total. The number of nitrogens with zero attached hydrogens (tertiary/aromatic N) is 3. The fourth-order valence-electron chi connectivity index (χ4n) is 2.74. The second-order valence-electron chi connectivity index (χ2n) is 5.95. The SMILES string of the molecule is Clc1ccc([C@@H]2CN(Cc3nnc(C4CC4)o3)CCO2)cc1. The number of benzene rings is 1. The molecule has 0 spiro atoms. The highest BCUT2D eigenvalue weighted by Gasteiger charge is 2.30. The molecule has 2 heterocycles. The summed E-state index contributed by atoms with van der Waals surface area (Å²) in [5.41, 5.74) is 1.15. The van der Waals surface area contributed by atoms with E-state index in [0.29, 0.717) is 25.0 Å². The second kappa shape index (κ2) is 5.99. The summed E-state index contributed by atoms with van der Waals surface area (Å²) >= 11 is 5.94. The largest absolute Gasteiger partial charge is 0.424 e. The van der Waals surface area contributed by atoms with Crippen molar-refractivity contribution in [3.63, 3.8) is 0 Å². The third-order valence-corrected chi connectivity index (χ3v) is 4.41. The molecule has 1 aromatic heterocycles. The van der Waals surface area contributed by atoms with Crippen LogP contribution in [0.1, 0.15) is 42.2 Å². The van der Waals surface area contributed by atoms with E-state index in [4.69, 9.17) is 20.8 Å². The molecule has 1 saturated heterocycles. The minimum absolute atomic E-state index is 0.0665. The Bertz CT molecular complexity index is 639. The molecule has 1 aliphatic carbocycles. The summed E-state index contributed by atoms with van der Waals surface area (Å²) in [7, 11) is 0. The smallest absolute Gasteiger partial charge is 0.230 e. The van der Waals surface area contributed by atoms with Crippen LogP contribution in [-0.4, -0.2) is 34.8 Å². The lowest BCUT2D eigenvalue weighted by atomic mass is 10.1. The topological polar surface area (TPSA) is 51.4 Å². The van der Waals surface area contributed by atoms with Gasteiger partial charge in [-0.25, -0.2) is 0 Å². The first-order valence-corrected chi connectivity index (χ1v) is 8.07. The Morgan fingerprint density at radius 1 is 1.18 bits per heavy atom. The molecule has 6 heteroatoms. The summed E-state index contributed by atoms with van der Waals surface area (Å²) in [6.45, 7) is 3.10. The molecule has 1 saturated carbocycles. The Morgan fingerprint density at radius 3 is 2.77 bits per heavy atom. The van der Waals surface area contributed by atoms with Crippen LogP contribution in [0.25, 0.3) is 0 Å². The van der Waals surface area contributed by atoms with Gasteiger partial charge in [0.1, 0.15) is 0 Å². The monoisotopic (exact) mass is 319 g/mol. The molecular formula is C16H18ClN3O2. The van der Waals surface area contributed by atoms with Gasteiger partial charge in [-0.2, -0.15) is 0 Å². The number of morpholine rings is 1. The van der Waals surface area contributed by atoms with Crippen LogP contribution in [0.4, 0.5) is 0 Å². The lowest BCUT2D eigenvalue weighted by Crippen LogP contribution is -2.37. The highest BCUT2D eigenvalue weighted by atomic mass is 35.5. The fraction of sp³-hybridized carbons (Fsp3) is 0.500. The minimum Gasteiger partial charge on any atom is -0.424 e. The van der Waals surface area contributed by atoms with Crippen molar-refractivity contribution in [2.45, 2.75) is 31.4 Å². The summed E-state index contributed by atoms with van der Waals surface area (Å²) in [5.74, 6) is 2.02. The molecule has 22 heavy (non-hydrogen) atoms. The Hall–Kier alpha value is -1.43. The molecule has 0 bridgehead atoms. The maximum Gasteiger partial charge on any atom is 0.230 e. The van der Waals surface area contributed by atoms with Crippen LogP contribution >= 0.6 is 11.6 Å². The van der Waals surface area contributed by atoms with Crippen molar-refractivity contribution in [3.05, 3.63) is 46.6 Å². The predicted octanol–water partition coefficient (Wildman–Crippen LogP) is 3.17. The van der Waals surface area contributed by atoms with Crippen LogP contribution < -0.4 is 0 Å². The van der Waals surface area contributed by atoms with E-state index >= 15 is 0 Å². The molecule has 0 unspecified atom stereocenters. The first-order valence-electron chi connectivity index (χ1n) is 7.69. The van der Waals surface area contributed by atoms with E-state index in [9.17, 15) is 0 Å². The fourth-order valence-corrected chi connectivity index (χ4v) is 2.87. The summed E-state index contributed by atoms with van der Waals surface area (Å²) in [6.07, 6.45) is 2.42. The maximum absolute atomic E-state index is 5.94. The van der Waals surface area contributed by atoms with E-state index in [1.807, 2.05) is 24.3 Å². The minimum atomic E-state index is 0.0665. The molecule has 1 aromatic carbocycles. The van der Waals surface area contributed by atoms with Gasteiger partial charge >= 0.3 is 0 Å². The number of halogens is 1. The molecule has 0 amide bonds. The van der Waals surface area contributed by atoms with Crippen molar-refractivity contribution >= 4 is 11.6 Å². The van der Waals surface area contributed by atoms with E-state index < -0.39 is 0 Å². The zero-order valence-corrected chi connectivity index (χ0v) is 13.0. The highest BCUT2D eigenvalue weighted by Crippen LogP contribution is 2.39. The molecule has 2 aromatic rings. The van der Waals surface area contributed by atoms with Gasteiger partial charge in [-0.05, 0) is 30.5 Å². The molecule has 5 nitrogen and oxygen atoms in total. The quantitative estimate of drug-likeness (QED) is 0.866. The molecule has 2 aliphatic rings. The first kappa shape index (κ1) is 14.2. The summed E-state index contributed by atoms with van der Waals surface area (Å²) in [4.78, 5) is 2.30. The lowest BCUT2D eigenvalue weighted by Gasteiger charge is -2.32. The van der Waals surface area contributed by atoms with Gasteiger partial charge in [0.05, 0.1) is 19.3 Å². The number of aromatic nitrogens is 2. The van der Waals surface area contributed by atoms with Crippen LogP contribution in [0.5, 0.6) is 0 Å². The van der Waals surface area contributed by atoms with E-state index in [1.165, 1.54) is 12.8 Å². The van der Waals surface area contributed by atoms with E-state index in [0.717, 1.165) is 29.6 Å². The van der Waals surface area contributed by atoms with Crippen molar-refractivity contribution in [1.82, 2.24) is 15.1 Å². The molecule has 1 atom stereocenters. The molecular weight excluding hydrogens is 302 g/mol. The molecule has 1 aliphatic heterocycles. The Kier molecular flexibility index (Phi) is 3.86. The van der Waals surface area contributed by atoms with Gasteiger partial charge in [0.15, 0.2) is 0 Å². The number of hydrogen-bond donors (Lipinski definition) is 0. The van der Waals surface area contributed by atoms with Gasteiger partial charge in [0.2, 0.25) is 11.8 Å². The molecule has 0 radical (unpaired) electrons. The van der Waals surface area contributed by atoms with Gasteiger partial charge in [0, 0.05) is 24.0 Å². The van der Waals surface area contributed by atoms with Crippen LogP contribution in [-0.2, 0) is 11.3 Å². The summed E-state index contributed by atoms with van der Waals surface area (Å²) < 4.78 is 11.6. The van der Waals surface area contributed by atoms with Crippen molar-refractivity contribution in [2.75, 3.05) is 19.7 Å². The second-order valence-corrected chi connectivity index (χ2v) is 6.39. The van der Waals surface area contributed by atoms with Gasteiger partial charge < -0.3 is 9.15 Å². The standard InChI is InChI=1S/C16H18ClN3O2/c17-13-5-3-11(4-6-13)14-9-20(7-8-21-14)10-15-18-19-16(22-15)12-1-2-12/h3-6,12,14H,1-2,7-10H2/t14-/m0/s1. The van der Waals surface area contributed by atoms with Crippen LogP contribution in [0.15, 0.2) is 28.7 Å². The van der Waals surface area contributed by atoms with Crippen LogP contribution in [0.3, 0.4) is 0 Å². The van der Waals surface area contributed by atoms with Gasteiger partial charge in [-0.1, -0.05) is 23.7 Å². The van der Waals surface area contributed by atoms with E-state index in [2.05, 4.69) is 15.1 Å². The average molecular weight is 320 g/mol. The van der Waals surface area contributed by atoms with Crippen molar-refractivity contribution in [1.29, 1.82) is 0 Å². The van der Waals surface area contributed by atoms with Crippen molar-refractivity contribution < 1.29 is 9.15 Å². The zero-order valence-electron chi connectivity index (χ0n) is 12.2. The zero-order chi connectivity index (χ0) is 14.9. The first-order chi connectivity index (χ1) is 10.8. The number of rotatable bonds is 4. The maximum atomic E-state index is 5.94. The number of hydrogen-bond acceptors (Lipinski definition) is 5. The third-order valence-electron chi connectivity index (χ3n) is 4.16. The summed E-state index contributed by atoms with van der Waals surface area (Å²) in [6, 6.07) is 7.85. The van der Waals surface area contributed by atoms with E-state index in [-0.39, 0.29) is 6.10 Å². The third kappa shape index (κ3) is 3.16. The molecule has 4 rings (SSSR count). The Labute approximate surface area is 134 Å². The normalized spacial score (nSPS) is 22.9. The Balaban J connectivity index is 1.40. The van der Waals surface area contributed by atoms with Gasteiger partial charge in [-0.3, -0.25) is 4.90 Å². The molecule has 116 valence electrons.